The fourth-order valence-corrected chi connectivity index (χ4v) is 3.40. The Kier molecular flexibility index (Phi) is 3.24. The molecule has 0 saturated heterocycles. The molecule has 3 nitrogen and oxygen atoms in total. The molecule has 1 amide bonds. The molecule has 1 atom stereocenters. The maximum absolute atomic E-state index is 12.2. The van der Waals surface area contributed by atoms with Crippen LogP contribution in [0.5, 0.6) is 0 Å². The molecule has 0 spiro atoms. The van der Waals surface area contributed by atoms with Crippen molar-refractivity contribution in [2.45, 2.75) is 10.1 Å². The van der Waals surface area contributed by atoms with Gasteiger partial charge in [0.2, 0.25) is 5.91 Å². The van der Waals surface area contributed by atoms with E-state index in [0.717, 1.165) is 20.6 Å². The van der Waals surface area contributed by atoms with Gasteiger partial charge in [-0.2, -0.15) is 0 Å². The Hall–Kier alpha value is -1.46. The minimum absolute atomic E-state index is 0.00425. The van der Waals surface area contributed by atoms with Crippen LogP contribution in [-0.2, 0) is 4.79 Å². The van der Waals surface area contributed by atoms with Gasteiger partial charge in [-0.3, -0.25) is 4.79 Å². The molecule has 2 aromatic carbocycles. The number of hydrogen-bond acceptors (Lipinski definition) is 3. The van der Waals surface area contributed by atoms with Gasteiger partial charge >= 0.3 is 0 Å². The van der Waals surface area contributed by atoms with E-state index in [1.807, 2.05) is 36.4 Å². The fourth-order valence-electron chi connectivity index (χ4n) is 1.98. The van der Waals surface area contributed by atoms with E-state index >= 15 is 0 Å². The quantitative estimate of drug-likeness (QED) is 0.779. The van der Waals surface area contributed by atoms with Gasteiger partial charge < -0.3 is 11.1 Å². The van der Waals surface area contributed by atoms with Crippen molar-refractivity contribution in [3.05, 3.63) is 52.5 Å². The minimum Gasteiger partial charge on any atom is -0.399 e. The molecule has 0 fully saturated rings. The molecular formula is C14H11BrN2OS. The number of hydrogen-bond donors (Lipinski definition) is 2. The lowest BCUT2D eigenvalue weighted by Crippen LogP contribution is -2.23. The van der Waals surface area contributed by atoms with Gasteiger partial charge in [0.25, 0.3) is 0 Å². The normalized spacial score (nSPS) is 17.7. The SMILES string of the molecule is Nc1ccc2c(c1)SC(c1ccc(Br)cc1)C(=O)N2. The van der Waals surface area contributed by atoms with Crippen molar-refractivity contribution in [1.82, 2.24) is 0 Å². The van der Waals surface area contributed by atoms with E-state index in [1.165, 1.54) is 11.8 Å². The van der Waals surface area contributed by atoms with Gasteiger partial charge in [-0.15, -0.1) is 11.8 Å². The van der Waals surface area contributed by atoms with Crippen LogP contribution in [0.4, 0.5) is 11.4 Å². The van der Waals surface area contributed by atoms with Gasteiger partial charge in [0, 0.05) is 15.1 Å². The fraction of sp³-hybridized carbons (Fsp3) is 0.0714. The first-order valence-corrected chi connectivity index (χ1v) is 7.43. The highest BCUT2D eigenvalue weighted by Crippen LogP contribution is 2.44. The molecule has 1 aliphatic rings. The molecule has 0 saturated carbocycles. The molecular weight excluding hydrogens is 324 g/mol. The number of fused-ring (bicyclic) bond motifs is 1. The Bertz CT molecular complexity index is 642. The van der Waals surface area contributed by atoms with Crippen molar-refractivity contribution in [2.75, 3.05) is 11.1 Å². The van der Waals surface area contributed by atoms with E-state index in [-0.39, 0.29) is 11.2 Å². The molecule has 0 radical (unpaired) electrons. The van der Waals surface area contributed by atoms with Crippen LogP contribution in [0.1, 0.15) is 10.8 Å². The standard InChI is InChI=1S/C14H11BrN2OS/c15-9-3-1-8(2-4-9)13-14(18)17-11-6-5-10(16)7-12(11)19-13/h1-7,13H,16H2,(H,17,18). The van der Waals surface area contributed by atoms with E-state index in [9.17, 15) is 4.79 Å². The second-order valence-electron chi connectivity index (χ2n) is 4.29. The van der Waals surface area contributed by atoms with E-state index < -0.39 is 0 Å². The van der Waals surface area contributed by atoms with Gasteiger partial charge in [0.05, 0.1) is 5.69 Å². The van der Waals surface area contributed by atoms with Crippen molar-refractivity contribution in [3.8, 4) is 0 Å². The number of halogens is 1. The number of carbonyl (C=O) groups is 1. The van der Waals surface area contributed by atoms with E-state index in [4.69, 9.17) is 5.73 Å². The Labute approximate surface area is 123 Å². The molecule has 1 heterocycles. The van der Waals surface area contributed by atoms with Crippen molar-refractivity contribution in [3.63, 3.8) is 0 Å². The summed E-state index contributed by atoms with van der Waals surface area (Å²) < 4.78 is 1.00. The van der Waals surface area contributed by atoms with Gasteiger partial charge in [0.15, 0.2) is 0 Å². The Morgan fingerprint density at radius 1 is 1.16 bits per heavy atom. The van der Waals surface area contributed by atoms with Crippen LogP contribution < -0.4 is 11.1 Å². The number of anilines is 2. The number of amides is 1. The van der Waals surface area contributed by atoms with Crippen LogP contribution >= 0.6 is 27.7 Å². The maximum atomic E-state index is 12.2. The number of carbonyl (C=O) groups excluding carboxylic acids is 1. The predicted octanol–water partition coefficient (Wildman–Crippen LogP) is 3.82. The zero-order valence-electron chi connectivity index (χ0n) is 9.89. The molecule has 0 aromatic heterocycles. The average Bonchev–Trinajstić information content (AvgIpc) is 2.40. The summed E-state index contributed by atoms with van der Waals surface area (Å²) >= 11 is 4.93. The summed E-state index contributed by atoms with van der Waals surface area (Å²) in [7, 11) is 0. The summed E-state index contributed by atoms with van der Waals surface area (Å²) in [6, 6.07) is 13.3. The summed E-state index contributed by atoms with van der Waals surface area (Å²) in [5.74, 6) is 0.00425. The third-order valence-electron chi connectivity index (χ3n) is 2.92. The minimum atomic E-state index is -0.234. The molecule has 3 rings (SSSR count). The summed E-state index contributed by atoms with van der Waals surface area (Å²) in [5.41, 5.74) is 8.31. The highest BCUT2D eigenvalue weighted by atomic mass is 79.9. The third kappa shape index (κ3) is 2.48. The molecule has 19 heavy (non-hydrogen) atoms. The monoisotopic (exact) mass is 334 g/mol. The molecule has 0 aliphatic carbocycles. The second-order valence-corrected chi connectivity index (χ2v) is 6.36. The molecule has 3 N–H and O–H groups in total. The topological polar surface area (TPSA) is 55.1 Å². The first-order valence-electron chi connectivity index (χ1n) is 5.76. The first-order chi connectivity index (χ1) is 9.13. The summed E-state index contributed by atoms with van der Waals surface area (Å²) in [4.78, 5) is 13.2. The Morgan fingerprint density at radius 3 is 2.63 bits per heavy atom. The highest BCUT2D eigenvalue weighted by molar-refractivity contribution is 9.10. The summed E-state index contributed by atoms with van der Waals surface area (Å²) in [6.07, 6.45) is 0. The van der Waals surface area contributed by atoms with Crippen LogP contribution in [-0.4, -0.2) is 5.91 Å². The molecule has 96 valence electrons. The van der Waals surface area contributed by atoms with Crippen molar-refractivity contribution in [1.29, 1.82) is 0 Å². The van der Waals surface area contributed by atoms with Gasteiger partial charge in [-0.25, -0.2) is 0 Å². The Morgan fingerprint density at radius 2 is 1.89 bits per heavy atom. The molecule has 1 unspecified atom stereocenters. The number of benzene rings is 2. The number of nitrogen functional groups attached to an aromatic ring is 1. The second kappa shape index (κ2) is 4.90. The number of thioether (sulfide) groups is 1. The molecule has 5 heteroatoms. The lowest BCUT2D eigenvalue weighted by atomic mass is 10.1. The maximum Gasteiger partial charge on any atom is 0.242 e. The summed E-state index contributed by atoms with van der Waals surface area (Å²) in [5, 5.41) is 2.69. The third-order valence-corrected chi connectivity index (χ3v) is 4.76. The number of rotatable bonds is 1. The van der Waals surface area contributed by atoms with Gasteiger partial charge in [0.1, 0.15) is 5.25 Å². The predicted molar refractivity (Wildman–Crippen MR) is 82.2 cm³/mol. The Balaban J connectivity index is 1.96. The molecule has 2 aromatic rings. The number of nitrogens with one attached hydrogen (secondary N) is 1. The van der Waals surface area contributed by atoms with Crippen LogP contribution in [0.15, 0.2) is 51.8 Å². The van der Waals surface area contributed by atoms with E-state index in [0.29, 0.717) is 5.69 Å². The lowest BCUT2D eigenvalue weighted by Gasteiger charge is -2.24. The van der Waals surface area contributed by atoms with E-state index in [2.05, 4.69) is 21.2 Å². The first kappa shape index (κ1) is 12.6. The van der Waals surface area contributed by atoms with E-state index in [1.54, 1.807) is 6.07 Å². The van der Waals surface area contributed by atoms with Gasteiger partial charge in [-0.1, -0.05) is 28.1 Å². The van der Waals surface area contributed by atoms with Crippen molar-refractivity contribution >= 4 is 45.0 Å². The van der Waals surface area contributed by atoms with Crippen LogP contribution in [0, 0.1) is 0 Å². The van der Waals surface area contributed by atoms with Crippen LogP contribution in [0.3, 0.4) is 0 Å². The van der Waals surface area contributed by atoms with Crippen LogP contribution in [0.25, 0.3) is 0 Å². The largest absolute Gasteiger partial charge is 0.399 e. The van der Waals surface area contributed by atoms with Gasteiger partial charge in [-0.05, 0) is 35.9 Å². The zero-order valence-corrected chi connectivity index (χ0v) is 12.3. The summed E-state index contributed by atoms with van der Waals surface area (Å²) in [6.45, 7) is 0. The van der Waals surface area contributed by atoms with Crippen molar-refractivity contribution in [2.24, 2.45) is 0 Å². The lowest BCUT2D eigenvalue weighted by molar-refractivity contribution is -0.115. The molecule has 1 aliphatic heterocycles. The zero-order chi connectivity index (χ0) is 13.4. The van der Waals surface area contributed by atoms with Crippen molar-refractivity contribution < 1.29 is 4.79 Å². The smallest absolute Gasteiger partial charge is 0.242 e. The van der Waals surface area contributed by atoms with Crippen LogP contribution in [0.2, 0.25) is 0 Å². The average molecular weight is 335 g/mol. The molecule has 0 bridgehead atoms. The number of nitrogens with two attached hydrogens (primary N) is 1. The highest BCUT2D eigenvalue weighted by Gasteiger charge is 2.28.